The summed E-state index contributed by atoms with van der Waals surface area (Å²) in [6, 6.07) is 5.43. The Morgan fingerprint density at radius 1 is 1.24 bits per heavy atom. The molecular formula is C18H17F3N2O2. The van der Waals surface area contributed by atoms with Gasteiger partial charge in [0.1, 0.15) is 5.82 Å². The van der Waals surface area contributed by atoms with E-state index in [1.54, 1.807) is 13.0 Å². The second-order valence-corrected chi connectivity index (χ2v) is 6.14. The van der Waals surface area contributed by atoms with E-state index in [-0.39, 0.29) is 17.6 Å². The molecule has 1 aromatic heterocycles. The predicted molar refractivity (Wildman–Crippen MR) is 84.0 cm³/mol. The maximum atomic E-state index is 12.9. The fourth-order valence-corrected chi connectivity index (χ4v) is 2.81. The molecule has 0 unspecified atom stereocenters. The molecule has 1 aromatic carbocycles. The van der Waals surface area contributed by atoms with Crippen LogP contribution in [0.4, 0.5) is 13.2 Å². The van der Waals surface area contributed by atoms with Gasteiger partial charge in [0.15, 0.2) is 0 Å². The number of aromatic nitrogens is 2. The molecule has 0 saturated heterocycles. The SMILES string of the molecule is CCOC(=O)c1cnc(CC2(c3cccc(C(F)(F)F)c3)CC2)nc1. The normalized spacial score (nSPS) is 15.7. The molecule has 0 amide bonds. The van der Waals surface area contributed by atoms with Gasteiger partial charge in [0.05, 0.1) is 17.7 Å². The summed E-state index contributed by atoms with van der Waals surface area (Å²) in [6.45, 7) is 1.97. The lowest BCUT2D eigenvalue weighted by molar-refractivity contribution is -0.137. The average molecular weight is 350 g/mol. The number of alkyl halides is 3. The van der Waals surface area contributed by atoms with Crippen molar-refractivity contribution in [2.75, 3.05) is 6.61 Å². The minimum absolute atomic E-state index is 0.259. The molecule has 2 aromatic rings. The quantitative estimate of drug-likeness (QED) is 0.767. The van der Waals surface area contributed by atoms with Crippen LogP contribution >= 0.6 is 0 Å². The van der Waals surface area contributed by atoms with Crippen LogP contribution in [-0.2, 0) is 22.7 Å². The van der Waals surface area contributed by atoms with Crippen LogP contribution in [-0.4, -0.2) is 22.5 Å². The molecule has 1 fully saturated rings. The van der Waals surface area contributed by atoms with Crippen LogP contribution in [0.25, 0.3) is 0 Å². The standard InChI is InChI=1S/C18H17F3N2O2/c1-2-25-16(24)12-10-22-15(23-11-12)9-17(6-7-17)13-4-3-5-14(8-13)18(19,20)21/h3-5,8,10-11H,2,6-7,9H2,1H3. The van der Waals surface area contributed by atoms with E-state index < -0.39 is 17.7 Å². The highest BCUT2D eigenvalue weighted by Crippen LogP contribution is 2.51. The van der Waals surface area contributed by atoms with Gasteiger partial charge in [-0.1, -0.05) is 18.2 Å². The molecule has 7 heteroatoms. The summed E-state index contributed by atoms with van der Waals surface area (Å²) in [6.07, 6.45) is 0.445. The van der Waals surface area contributed by atoms with Gasteiger partial charge in [-0.2, -0.15) is 13.2 Å². The Bertz CT molecular complexity index is 769. The van der Waals surface area contributed by atoms with Gasteiger partial charge in [-0.05, 0) is 31.4 Å². The topological polar surface area (TPSA) is 52.1 Å². The molecule has 1 heterocycles. The highest BCUT2D eigenvalue weighted by atomic mass is 19.4. The van der Waals surface area contributed by atoms with Gasteiger partial charge < -0.3 is 4.74 Å². The molecule has 0 radical (unpaired) electrons. The Labute approximate surface area is 143 Å². The van der Waals surface area contributed by atoms with Gasteiger partial charge in [-0.3, -0.25) is 0 Å². The van der Waals surface area contributed by atoms with Crippen LogP contribution in [0.2, 0.25) is 0 Å². The van der Waals surface area contributed by atoms with E-state index in [1.165, 1.54) is 24.5 Å². The summed E-state index contributed by atoms with van der Waals surface area (Å²) in [5.41, 5.74) is -0.0862. The lowest BCUT2D eigenvalue weighted by atomic mass is 9.90. The van der Waals surface area contributed by atoms with Crippen molar-refractivity contribution in [2.45, 2.75) is 37.8 Å². The molecule has 0 spiro atoms. The molecule has 0 bridgehead atoms. The lowest BCUT2D eigenvalue weighted by Gasteiger charge is -2.17. The van der Waals surface area contributed by atoms with Crippen LogP contribution in [0.3, 0.4) is 0 Å². The molecule has 25 heavy (non-hydrogen) atoms. The molecule has 0 aliphatic heterocycles. The number of esters is 1. The van der Waals surface area contributed by atoms with Gasteiger partial charge in [-0.15, -0.1) is 0 Å². The molecular weight excluding hydrogens is 333 g/mol. The first kappa shape index (κ1) is 17.4. The van der Waals surface area contributed by atoms with Crippen molar-refractivity contribution in [1.82, 2.24) is 9.97 Å². The number of ether oxygens (including phenoxy) is 1. The van der Waals surface area contributed by atoms with Crippen LogP contribution in [0.15, 0.2) is 36.7 Å². The van der Waals surface area contributed by atoms with E-state index >= 15 is 0 Å². The maximum absolute atomic E-state index is 12.9. The molecule has 0 N–H and O–H groups in total. The van der Waals surface area contributed by atoms with E-state index in [0.29, 0.717) is 17.8 Å². The largest absolute Gasteiger partial charge is 0.462 e. The summed E-state index contributed by atoms with van der Waals surface area (Å²) in [5, 5.41) is 0. The monoisotopic (exact) mass is 350 g/mol. The summed E-state index contributed by atoms with van der Waals surface area (Å²) < 4.78 is 43.6. The van der Waals surface area contributed by atoms with Crippen LogP contribution in [0, 0.1) is 0 Å². The molecule has 4 nitrogen and oxygen atoms in total. The number of carbonyl (C=O) groups is 1. The molecule has 1 saturated carbocycles. The highest BCUT2D eigenvalue weighted by Gasteiger charge is 2.45. The van der Waals surface area contributed by atoms with Crippen molar-refractivity contribution in [3.8, 4) is 0 Å². The van der Waals surface area contributed by atoms with Crippen molar-refractivity contribution in [3.63, 3.8) is 0 Å². The van der Waals surface area contributed by atoms with E-state index in [0.717, 1.165) is 18.9 Å². The summed E-state index contributed by atoms with van der Waals surface area (Å²) >= 11 is 0. The second kappa shape index (κ2) is 6.46. The zero-order valence-electron chi connectivity index (χ0n) is 13.6. The number of benzene rings is 1. The third-order valence-electron chi connectivity index (χ3n) is 4.37. The van der Waals surface area contributed by atoms with Crippen molar-refractivity contribution in [3.05, 3.63) is 59.2 Å². The summed E-state index contributed by atoms with van der Waals surface area (Å²) in [7, 11) is 0. The first-order valence-corrected chi connectivity index (χ1v) is 8.00. The minimum atomic E-state index is -4.36. The second-order valence-electron chi connectivity index (χ2n) is 6.14. The van der Waals surface area contributed by atoms with E-state index in [2.05, 4.69) is 9.97 Å². The molecule has 0 atom stereocenters. The molecule has 1 aliphatic rings. The van der Waals surface area contributed by atoms with Crippen LogP contribution in [0.5, 0.6) is 0 Å². The van der Waals surface area contributed by atoms with Crippen molar-refractivity contribution in [2.24, 2.45) is 0 Å². The third-order valence-corrected chi connectivity index (χ3v) is 4.37. The average Bonchev–Trinajstić information content (AvgIpc) is 3.36. The van der Waals surface area contributed by atoms with Gasteiger partial charge in [-0.25, -0.2) is 14.8 Å². The number of hydrogen-bond donors (Lipinski definition) is 0. The maximum Gasteiger partial charge on any atom is 0.416 e. The number of rotatable bonds is 5. The van der Waals surface area contributed by atoms with Crippen molar-refractivity contribution in [1.29, 1.82) is 0 Å². The van der Waals surface area contributed by atoms with Crippen molar-refractivity contribution >= 4 is 5.97 Å². The number of hydrogen-bond acceptors (Lipinski definition) is 4. The molecule has 3 rings (SSSR count). The van der Waals surface area contributed by atoms with E-state index in [9.17, 15) is 18.0 Å². The zero-order chi connectivity index (χ0) is 18.1. The van der Waals surface area contributed by atoms with Crippen LogP contribution < -0.4 is 0 Å². The zero-order valence-corrected chi connectivity index (χ0v) is 13.6. The Morgan fingerprint density at radius 2 is 1.92 bits per heavy atom. The Kier molecular flexibility index (Phi) is 4.49. The Hall–Kier alpha value is -2.44. The fourth-order valence-electron chi connectivity index (χ4n) is 2.81. The number of nitrogens with zero attached hydrogens (tertiary/aromatic N) is 2. The number of carbonyl (C=O) groups excluding carboxylic acids is 1. The van der Waals surface area contributed by atoms with Gasteiger partial charge >= 0.3 is 12.1 Å². The summed E-state index contributed by atoms with van der Waals surface area (Å²) in [4.78, 5) is 19.9. The lowest BCUT2D eigenvalue weighted by Crippen LogP contribution is -2.15. The molecule has 132 valence electrons. The summed E-state index contributed by atoms with van der Waals surface area (Å²) in [5.74, 6) is 0.0102. The number of halogens is 3. The minimum Gasteiger partial charge on any atom is -0.462 e. The van der Waals surface area contributed by atoms with Gasteiger partial charge in [0.2, 0.25) is 0 Å². The smallest absolute Gasteiger partial charge is 0.416 e. The van der Waals surface area contributed by atoms with Crippen LogP contribution in [0.1, 0.15) is 47.1 Å². The molecule has 1 aliphatic carbocycles. The van der Waals surface area contributed by atoms with Crippen molar-refractivity contribution < 1.29 is 22.7 Å². The van der Waals surface area contributed by atoms with E-state index in [4.69, 9.17) is 4.74 Å². The first-order chi connectivity index (χ1) is 11.8. The predicted octanol–water partition coefficient (Wildman–Crippen LogP) is 3.95. The van der Waals surface area contributed by atoms with E-state index in [1.807, 2.05) is 0 Å². The first-order valence-electron chi connectivity index (χ1n) is 8.00. The fraction of sp³-hybridized carbons (Fsp3) is 0.389. The van der Waals surface area contributed by atoms with Gasteiger partial charge in [0.25, 0.3) is 0 Å². The third kappa shape index (κ3) is 3.81. The Morgan fingerprint density at radius 3 is 2.48 bits per heavy atom. The Balaban J connectivity index is 1.78. The van der Waals surface area contributed by atoms with Gasteiger partial charge in [0, 0.05) is 24.2 Å². The highest BCUT2D eigenvalue weighted by molar-refractivity contribution is 5.88.